The molecule has 0 radical (unpaired) electrons. The van der Waals surface area contributed by atoms with Crippen molar-refractivity contribution in [1.82, 2.24) is 0 Å². The van der Waals surface area contributed by atoms with Gasteiger partial charge in [0.1, 0.15) is 0 Å². The number of benzene rings is 1. The number of hydrogen-bond acceptors (Lipinski definition) is 5. The summed E-state index contributed by atoms with van der Waals surface area (Å²) in [6, 6.07) is 6.57. The summed E-state index contributed by atoms with van der Waals surface area (Å²) in [5, 5.41) is 0. The Balaban J connectivity index is 1.84. The molecule has 1 aromatic carbocycles. The maximum absolute atomic E-state index is 12.0. The monoisotopic (exact) mass is 314 g/mol. The van der Waals surface area contributed by atoms with E-state index in [4.69, 9.17) is 13.7 Å². The van der Waals surface area contributed by atoms with Gasteiger partial charge >= 0.3 is 0 Å². The van der Waals surface area contributed by atoms with Gasteiger partial charge in [-0.15, -0.1) is 0 Å². The highest BCUT2D eigenvalue weighted by atomic mass is 32.2. The van der Waals surface area contributed by atoms with Gasteiger partial charge in [0.05, 0.1) is 17.6 Å². The van der Waals surface area contributed by atoms with Gasteiger partial charge in [-0.25, -0.2) is 0 Å². The normalized spacial score (nSPS) is 21.1. The van der Waals surface area contributed by atoms with Gasteiger partial charge in [-0.2, -0.15) is 8.42 Å². The largest absolute Gasteiger partial charge is 0.353 e. The first-order chi connectivity index (χ1) is 9.97. The average Bonchev–Trinajstić information content (AvgIpc) is 2.47. The van der Waals surface area contributed by atoms with Crippen LogP contribution in [-0.2, 0) is 23.8 Å². The minimum atomic E-state index is -3.73. The lowest BCUT2D eigenvalue weighted by Crippen LogP contribution is -2.29. The van der Waals surface area contributed by atoms with E-state index >= 15 is 0 Å². The third-order valence-corrected chi connectivity index (χ3v) is 4.59. The molecule has 2 rings (SSSR count). The first kappa shape index (κ1) is 16.4. The molecule has 0 N–H and O–H groups in total. The van der Waals surface area contributed by atoms with E-state index in [-0.39, 0.29) is 23.9 Å². The second-order valence-corrected chi connectivity index (χ2v) is 6.91. The van der Waals surface area contributed by atoms with Crippen LogP contribution in [0.3, 0.4) is 0 Å². The summed E-state index contributed by atoms with van der Waals surface area (Å²) in [7, 11) is -3.73. The molecular formula is C15H22O5S. The highest BCUT2D eigenvalue weighted by molar-refractivity contribution is 7.86. The molecule has 1 aliphatic heterocycles. The summed E-state index contributed by atoms with van der Waals surface area (Å²) in [5.74, 6) is 0. The van der Waals surface area contributed by atoms with E-state index in [0.29, 0.717) is 6.61 Å². The van der Waals surface area contributed by atoms with Gasteiger partial charge in [0.25, 0.3) is 10.1 Å². The third-order valence-electron chi connectivity index (χ3n) is 3.29. The predicted octanol–water partition coefficient (Wildman–Crippen LogP) is 2.63. The van der Waals surface area contributed by atoms with Crippen molar-refractivity contribution < 1.29 is 22.1 Å². The Hall–Kier alpha value is -0.950. The van der Waals surface area contributed by atoms with Crippen LogP contribution < -0.4 is 0 Å². The molecule has 0 aliphatic carbocycles. The molecule has 2 atom stereocenters. The van der Waals surface area contributed by atoms with Crippen molar-refractivity contribution in [3.8, 4) is 0 Å². The Kier molecular flexibility index (Phi) is 5.75. The molecule has 1 heterocycles. The Bertz CT molecular complexity index is 532. The highest BCUT2D eigenvalue weighted by Gasteiger charge is 2.20. The molecule has 1 fully saturated rings. The Morgan fingerprint density at radius 1 is 1.29 bits per heavy atom. The second kappa shape index (κ2) is 7.35. The van der Waals surface area contributed by atoms with E-state index in [0.717, 1.165) is 24.8 Å². The summed E-state index contributed by atoms with van der Waals surface area (Å²) in [6.07, 6.45) is 2.37. The zero-order valence-corrected chi connectivity index (χ0v) is 13.3. The van der Waals surface area contributed by atoms with Gasteiger partial charge in [-0.3, -0.25) is 4.18 Å². The van der Waals surface area contributed by atoms with E-state index in [9.17, 15) is 8.42 Å². The number of aryl methyl sites for hydroxylation is 1. The van der Waals surface area contributed by atoms with E-state index in [1.807, 2.05) is 6.92 Å². The van der Waals surface area contributed by atoms with E-state index in [2.05, 4.69) is 0 Å². The van der Waals surface area contributed by atoms with Crippen molar-refractivity contribution in [3.05, 3.63) is 29.8 Å². The van der Waals surface area contributed by atoms with Crippen LogP contribution in [0.4, 0.5) is 0 Å². The molecule has 118 valence electrons. The topological polar surface area (TPSA) is 61.8 Å². The van der Waals surface area contributed by atoms with Crippen LogP contribution in [0.15, 0.2) is 29.2 Å². The SMILES string of the molecule is Cc1ccc(S(=O)(=O)OC[C@@H](C)O[C@H]2CCCCO2)cc1. The fraction of sp³-hybridized carbons (Fsp3) is 0.600. The first-order valence-electron chi connectivity index (χ1n) is 7.20. The fourth-order valence-corrected chi connectivity index (χ4v) is 3.05. The fourth-order valence-electron chi connectivity index (χ4n) is 2.08. The molecule has 0 amide bonds. The molecule has 0 unspecified atom stereocenters. The maximum Gasteiger partial charge on any atom is 0.297 e. The minimum Gasteiger partial charge on any atom is -0.353 e. The summed E-state index contributed by atoms with van der Waals surface area (Å²) in [5.41, 5.74) is 1.00. The van der Waals surface area contributed by atoms with Crippen molar-refractivity contribution >= 4 is 10.1 Å². The zero-order chi connectivity index (χ0) is 15.3. The predicted molar refractivity (Wildman–Crippen MR) is 78.5 cm³/mol. The average molecular weight is 314 g/mol. The molecule has 0 bridgehead atoms. The van der Waals surface area contributed by atoms with Gasteiger partial charge in [-0.1, -0.05) is 17.7 Å². The Morgan fingerprint density at radius 2 is 2.00 bits per heavy atom. The van der Waals surface area contributed by atoms with E-state index in [1.54, 1.807) is 31.2 Å². The summed E-state index contributed by atoms with van der Waals surface area (Å²) in [4.78, 5) is 0.161. The smallest absolute Gasteiger partial charge is 0.297 e. The number of rotatable bonds is 6. The van der Waals surface area contributed by atoms with Crippen LogP contribution in [0.25, 0.3) is 0 Å². The van der Waals surface area contributed by atoms with Crippen molar-refractivity contribution in [2.75, 3.05) is 13.2 Å². The van der Waals surface area contributed by atoms with Crippen LogP contribution in [0, 0.1) is 6.92 Å². The van der Waals surface area contributed by atoms with Gasteiger partial charge in [0, 0.05) is 6.61 Å². The maximum atomic E-state index is 12.0. The molecule has 1 aromatic rings. The quantitative estimate of drug-likeness (QED) is 0.755. The van der Waals surface area contributed by atoms with Crippen molar-refractivity contribution in [2.45, 2.75) is 50.4 Å². The van der Waals surface area contributed by atoms with Crippen molar-refractivity contribution in [1.29, 1.82) is 0 Å². The lowest BCUT2D eigenvalue weighted by atomic mass is 10.2. The molecule has 0 saturated carbocycles. The van der Waals surface area contributed by atoms with Crippen LogP contribution in [0.1, 0.15) is 31.7 Å². The molecule has 0 aromatic heterocycles. The number of ether oxygens (including phenoxy) is 2. The standard InChI is InChI=1S/C15H22O5S/c1-12-6-8-14(9-7-12)21(16,17)19-11-13(2)20-15-5-3-4-10-18-15/h6-9,13,15H,3-5,10-11H2,1-2H3/t13-,15+/m1/s1. The van der Waals surface area contributed by atoms with E-state index in [1.165, 1.54) is 0 Å². The van der Waals surface area contributed by atoms with Gasteiger partial charge in [-0.05, 0) is 45.2 Å². The van der Waals surface area contributed by atoms with Gasteiger partial charge in [0.2, 0.25) is 0 Å². The van der Waals surface area contributed by atoms with Crippen LogP contribution in [-0.4, -0.2) is 34.0 Å². The van der Waals surface area contributed by atoms with Crippen LogP contribution >= 0.6 is 0 Å². The lowest BCUT2D eigenvalue weighted by molar-refractivity contribution is -0.188. The summed E-state index contributed by atoms with van der Waals surface area (Å²) in [6.45, 7) is 4.36. The van der Waals surface area contributed by atoms with Gasteiger partial charge < -0.3 is 9.47 Å². The van der Waals surface area contributed by atoms with Crippen LogP contribution in [0.5, 0.6) is 0 Å². The number of hydrogen-bond donors (Lipinski definition) is 0. The molecule has 1 aliphatic rings. The summed E-state index contributed by atoms with van der Waals surface area (Å²) >= 11 is 0. The second-order valence-electron chi connectivity index (χ2n) is 5.29. The zero-order valence-electron chi connectivity index (χ0n) is 12.4. The van der Waals surface area contributed by atoms with Gasteiger partial charge in [0.15, 0.2) is 6.29 Å². The van der Waals surface area contributed by atoms with Crippen molar-refractivity contribution in [2.24, 2.45) is 0 Å². The molecular weight excluding hydrogens is 292 g/mol. The Morgan fingerprint density at radius 3 is 2.62 bits per heavy atom. The first-order valence-corrected chi connectivity index (χ1v) is 8.61. The minimum absolute atomic E-state index is 0.0178. The highest BCUT2D eigenvalue weighted by Crippen LogP contribution is 2.17. The van der Waals surface area contributed by atoms with Crippen LogP contribution in [0.2, 0.25) is 0 Å². The molecule has 21 heavy (non-hydrogen) atoms. The molecule has 0 spiro atoms. The Labute approximate surface area is 126 Å². The van der Waals surface area contributed by atoms with E-state index < -0.39 is 10.1 Å². The molecule has 1 saturated heterocycles. The molecule has 6 heteroatoms. The summed E-state index contributed by atoms with van der Waals surface area (Å²) < 4.78 is 40.2. The van der Waals surface area contributed by atoms with Crippen molar-refractivity contribution in [3.63, 3.8) is 0 Å². The lowest BCUT2D eigenvalue weighted by Gasteiger charge is -2.25. The molecule has 5 nitrogen and oxygen atoms in total. The third kappa shape index (κ3) is 5.07.